The molecule has 172 valence electrons. The number of benzene rings is 3. The van der Waals surface area contributed by atoms with Crippen LogP contribution in [0, 0.1) is 0 Å². The van der Waals surface area contributed by atoms with Crippen molar-refractivity contribution in [3.63, 3.8) is 0 Å². The van der Waals surface area contributed by atoms with Crippen LogP contribution in [-0.2, 0) is 34.3 Å². The lowest BCUT2D eigenvalue weighted by atomic mass is 9.95. The monoisotopic (exact) mass is 466 g/mol. The van der Waals surface area contributed by atoms with E-state index in [0.717, 1.165) is 22.4 Å². The Labute approximate surface area is 194 Å². The van der Waals surface area contributed by atoms with Crippen LogP contribution in [0.4, 0.5) is 0 Å². The molecule has 0 unspecified atom stereocenters. The largest absolute Gasteiger partial charge is 0.497 e. The van der Waals surface area contributed by atoms with Crippen molar-refractivity contribution in [3.05, 3.63) is 89.5 Å². The second-order valence-corrected chi connectivity index (χ2v) is 9.67. The molecule has 0 saturated heterocycles. The first-order chi connectivity index (χ1) is 15.9. The number of rotatable bonds is 7. The van der Waals surface area contributed by atoms with Gasteiger partial charge in [0.25, 0.3) is 0 Å². The average Bonchev–Trinajstić information content (AvgIpc) is 2.86. The van der Waals surface area contributed by atoms with Crippen LogP contribution in [0.1, 0.15) is 16.7 Å². The van der Waals surface area contributed by atoms with Crippen molar-refractivity contribution in [2.75, 3.05) is 14.2 Å². The summed E-state index contributed by atoms with van der Waals surface area (Å²) in [5.74, 6) is 0.954. The van der Waals surface area contributed by atoms with Gasteiger partial charge in [0.05, 0.1) is 19.1 Å². The number of amides is 1. The van der Waals surface area contributed by atoms with Gasteiger partial charge in [-0.05, 0) is 59.5 Å². The maximum atomic E-state index is 13.5. The van der Waals surface area contributed by atoms with Gasteiger partial charge < -0.3 is 14.8 Å². The van der Waals surface area contributed by atoms with E-state index >= 15 is 0 Å². The van der Waals surface area contributed by atoms with E-state index in [1.165, 1.54) is 23.5 Å². The Morgan fingerprint density at radius 3 is 2.09 bits per heavy atom. The number of ether oxygens (including phenoxy) is 2. The standard InChI is InChI=1S/C25H26N2O5S/c1-31-21-9-7-18(8-10-21)16-26-25(28)24-15-19-5-3-4-6-20(19)17-27(24)33(29,30)23-13-11-22(32-2)12-14-23/h3-14,24H,15-17H2,1-2H3,(H,26,28)/t24-/m0/s1. The number of nitrogens with one attached hydrogen (secondary N) is 1. The molecule has 4 rings (SSSR count). The van der Waals surface area contributed by atoms with E-state index in [1.54, 1.807) is 19.2 Å². The van der Waals surface area contributed by atoms with Crippen molar-refractivity contribution in [2.45, 2.75) is 30.4 Å². The summed E-state index contributed by atoms with van der Waals surface area (Å²) in [6.07, 6.45) is 0.306. The van der Waals surface area contributed by atoms with Gasteiger partial charge in [-0.15, -0.1) is 0 Å². The second-order valence-electron chi connectivity index (χ2n) is 7.78. The summed E-state index contributed by atoms with van der Waals surface area (Å²) in [4.78, 5) is 13.4. The molecule has 0 radical (unpaired) electrons. The minimum atomic E-state index is -3.92. The van der Waals surface area contributed by atoms with Gasteiger partial charge in [-0.2, -0.15) is 4.31 Å². The van der Waals surface area contributed by atoms with E-state index in [4.69, 9.17) is 9.47 Å². The van der Waals surface area contributed by atoms with Gasteiger partial charge in [0, 0.05) is 13.1 Å². The topological polar surface area (TPSA) is 84.9 Å². The lowest BCUT2D eigenvalue weighted by Crippen LogP contribution is -2.52. The summed E-state index contributed by atoms with van der Waals surface area (Å²) in [5, 5.41) is 2.90. The molecule has 0 aromatic heterocycles. The first kappa shape index (κ1) is 22.8. The van der Waals surface area contributed by atoms with E-state index in [-0.39, 0.29) is 23.9 Å². The maximum absolute atomic E-state index is 13.5. The van der Waals surface area contributed by atoms with Crippen molar-refractivity contribution in [1.82, 2.24) is 9.62 Å². The first-order valence-electron chi connectivity index (χ1n) is 10.6. The Morgan fingerprint density at radius 2 is 1.48 bits per heavy atom. The van der Waals surface area contributed by atoms with Crippen LogP contribution in [0.2, 0.25) is 0 Å². The molecular weight excluding hydrogens is 440 g/mol. The van der Waals surface area contributed by atoms with E-state index in [1.807, 2.05) is 48.5 Å². The zero-order chi connectivity index (χ0) is 23.4. The highest BCUT2D eigenvalue weighted by Crippen LogP contribution is 2.30. The van der Waals surface area contributed by atoms with E-state index in [2.05, 4.69) is 5.32 Å². The van der Waals surface area contributed by atoms with E-state index < -0.39 is 16.1 Å². The molecule has 1 atom stereocenters. The van der Waals surface area contributed by atoms with Crippen LogP contribution in [0.15, 0.2) is 77.7 Å². The van der Waals surface area contributed by atoms with Crippen LogP contribution in [0.3, 0.4) is 0 Å². The molecule has 0 fully saturated rings. The molecule has 1 amide bonds. The van der Waals surface area contributed by atoms with Crippen LogP contribution in [-0.4, -0.2) is 38.9 Å². The fraction of sp³-hybridized carbons (Fsp3) is 0.240. The first-order valence-corrected chi connectivity index (χ1v) is 12.0. The number of methoxy groups -OCH3 is 2. The highest BCUT2D eigenvalue weighted by molar-refractivity contribution is 7.89. The molecule has 8 heteroatoms. The van der Waals surface area contributed by atoms with Crippen molar-refractivity contribution in [3.8, 4) is 11.5 Å². The fourth-order valence-electron chi connectivity index (χ4n) is 3.91. The predicted molar refractivity (Wildman–Crippen MR) is 124 cm³/mol. The zero-order valence-corrected chi connectivity index (χ0v) is 19.3. The Balaban J connectivity index is 1.60. The maximum Gasteiger partial charge on any atom is 0.244 e. The quantitative estimate of drug-likeness (QED) is 0.578. The minimum absolute atomic E-state index is 0.121. The fourth-order valence-corrected chi connectivity index (χ4v) is 5.47. The van der Waals surface area contributed by atoms with Gasteiger partial charge in [0.2, 0.25) is 15.9 Å². The Kier molecular flexibility index (Phi) is 6.67. The van der Waals surface area contributed by atoms with Crippen molar-refractivity contribution in [2.24, 2.45) is 0 Å². The van der Waals surface area contributed by atoms with Gasteiger partial charge in [0.1, 0.15) is 17.5 Å². The molecule has 3 aromatic rings. The zero-order valence-electron chi connectivity index (χ0n) is 18.5. The summed E-state index contributed by atoms with van der Waals surface area (Å²) in [6.45, 7) is 0.419. The lowest BCUT2D eigenvalue weighted by molar-refractivity contribution is -0.125. The number of hydrogen-bond donors (Lipinski definition) is 1. The molecule has 0 bridgehead atoms. The number of carbonyl (C=O) groups excluding carboxylic acids is 1. The molecule has 1 aliphatic rings. The molecular formula is C25H26N2O5S. The minimum Gasteiger partial charge on any atom is -0.497 e. The Hall–Kier alpha value is -3.36. The predicted octanol–water partition coefficient (Wildman–Crippen LogP) is 3.14. The normalized spacial score (nSPS) is 16.0. The molecule has 0 spiro atoms. The lowest BCUT2D eigenvalue weighted by Gasteiger charge is -2.35. The highest BCUT2D eigenvalue weighted by Gasteiger charge is 2.39. The third-order valence-corrected chi connectivity index (χ3v) is 7.67. The van der Waals surface area contributed by atoms with Gasteiger partial charge in [-0.1, -0.05) is 36.4 Å². The van der Waals surface area contributed by atoms with Crippen molar-refractivity contribution < 1.29 is 22.7 Å². The third kappa shape index (κ3) is 4.86. The van der Waals surface area contributed by atoms with Gasteiger partial charge >= 0.3 is 0 Å². The molecule has 1 aliphatic heterocycles. The molecule has 7 nitrogen and oxygen atoms in total. The summed E-state index contributed by atoms with van der Waals surface area (Å²) in [7, 11) is -0.801. The number of fused-ring (bicyclic) bond motifs is 1. The van der Waals surface area contributed by atoms with Crippen molar-refractivity contribution >= 4 is 15.9 Å². The van der Waals surface area contributed by atoms with Crippen molar-refractivity contribution in [1.29, 1.82) is 0 Å². The number of carbonyl (C=O) groups is 1. The second kappa shape index (κ2) is 9.64. The molecule has 33 heavy (non-hydrogen) atoms. The average molecular weight is 467 g/mol. The summed E-state index contributed by atoms with van der Waals surface area (Å²) >= 11 is 0. The molecule has 0 aliphatic carbocycles. The van der Waals surface area contributed by atoms with Crippen LogP contribution >= 0.6 is 0 Å². The Bertz CT molecular complexity index is 1220. The highest BCUT2D eigenvalue weighted by atomic mass is 32.2. The van der Waals surface area contributed by atoms with E-state index in [9.17, 15) is 13.2 Å². The summed E-state index contributed by atoms with van der Waals surface area (Å²) < 4.78 is 38.7. The van der Waals surface area contributed by atoms with Crippen LogP contribution < -0.4 is 14.8 Å². The SMILES string of the molecule is COc1ccc(CNC(=O)[C@@H]2Cc3ccccc3CN2S(=O)(=O)c2ccc(OC)cc2)cc1. The van der Waals surface area contributed by atoms with Gasteiger partial charge in [-0.3, -0.25) is 4.79 Å². The smallest absolute Gasteiger partial charge is 0.244 e. The summed E-state index contributed by atoms with van der Waals surface area (Å²) in [6, 6.07) is 20.3. The molecule has 1 heterocycles. The number of hydrogen-bond acceptors (Lipinski definition) is 5. The third-order valence-electron chi connectivity index (χ3n) is 5.80. The molecule has 1 N–H and O–H groups in total. The Morgan fingerprint density at radius 1 is 0.909 bits per heavy atom. The van der Waals surface area contributed by atoms with Crippen LogP contribution in [0.25, 0.3) is 0 Å². The number of nitrogens with zero attached hydrogens (tertiary/aromatic N) is 1. The van der Waals surface area contributed by atoms with Gasteiger partial charge in [-0.25, -0.2) is 8.42 Å². The molecule has 3 aromatic carbocycles. The number of sulfonamides is 1. The summed E-state index contributed by atoms with van der Waals surface area (Å²) in [5.41, 5.74) is 2.77. The van der Waals surface area contributed by atoms with Crippen LogP contribution in [0.5, 0.6) is 11.5 Å². The van der Waals surface area contributed by atoms with E-state index in [0.29, 0.717) is 12.2 Å². The van der Waals surface area contributed by atoms with Gasteiger partial charge in [0.15, 0.2) is 0 Å². The molecule has 0 saturated carbocycles.